The fourth-order valence-corrected chi connectivity index (χ4v) is 2.52. The number of hydrogen-bond donors (Lipinski definition) is 0. The summed E-state index contributed by atoms with van der Waals surface area (Å²) in [6, 6.07) is 11.8. The number of furan rings is 1. The van der Waals surface area contributed by atoms with E-state index in [1.165, 1.54) is 11.8 Å². The van der Waals surface area contributed by atoms with E-state index in [0.29, 0.717) is 12.3 Å². The molecule has 0 unspecified atom stereocenters. The van der Waals surface area contributed by atoms with Gasteiger partial charge in [-0.2, -0.15) is 11.8 Å². The van der Waals surface area contributed by atoms with Crippen LogP contribution in [-0.4, -0.2) is 29.9 Å². The van der Waals surface area contributed by atoms with E-state index in [-0.39, 0.29) is 5.91 Å². The van der Waals surface area contributed by atoms with Crippen LogP contribution in [0.2, 0.25) is 0 Å². The van der Waals surface area contributed by atoms with E-state index in [2.05, 4.69) is 15.9 Å². The van der Waals surface area contributed by atoms with Gasteiger partial charge in [-0.15, -0.1) is 0 Å². The van der Waals surface area contributed by atoms with Gasteiger partial charge < -0.3 is 9.32 Å². The van der Waals surface area contributed by atoms with Gasteiger partial charge in [0.1, 0.15) is 11.5 Å². The topological polar surface area (TPSA) is 33.5 Å². The maximum atomic E-state index is 11.7. The van der Waals surface area contributed by atoms with Crippen LogP contribution in [0.3, 0.4) is 0 Å². The molecule has 20 heavy (non-hydrogen) atoms. The molecule has 0 radical (unpaired) electrons. The highest BCUT2D eigenvalue weighted by molar-refractivity contribution is 9.10. The summed E-state index contributed by atoms with van der Waals surface area (Å²) in [6.45, 7) is 0.496. The Morgan fingerprint density at radius 2 is 1.95 bits per heavy atom. The monoisotopic (exact) mass is 353 g/mol. The molecule has 0 aliphatic rings. The van der Waals surface area contributed by atoms with Crippen molar-refractivity contribution in [3.63, 3.8) is 0 Å². The molecule has 2 rings (SSSR count). The van der Waals surface area contributed by atoms with E-state index in [1.54, 1.807) is 11.9 Å². The first-order chi connectivity index (χ1) is 9.60. The minimum absolute atomic E-state index is 0.110. The van der Waals surface area contributed by atoms with Crippen LogP contribution in [0, 0.1) is 0 Å². The summed E-state index contributed by atoms with van der Waals surface area (Å²) in [5, 5.41) is 0. The van der Waals surface area contributed by atoms with Gasteiger partial charge in [-0.05, 0) is 30.5 Å². The molecule has 1 heterocycles. The van der Waals surface area contributed by atoms with Gasteiger partial charge >= 0.3 is 0 Å². The second-order valence-corrected chi connectivity index (χ2v) is 6.24. The number of thioether (sulfide) groups is 1. The van der Waals surface area contributed by atoms with Gasteiger partial charge in [0.15, 0.2) is 0 Å². The summed E-state index contributed by atoms with van der Waals surface area (Å²) in [5.41, 5.74) is 1.03. The van der Waals surface area contributed by atoms with Crippen LogP contribution in [0.4, 0.5) is 0 Å². The zero-order chi connectivity index (χ0) is 14.5. The lowest BCUT2D eigenvalue weighted by Crippen LogP contribution is -2.27. The van der Waals surface area contributed by atoms with Crippen molar-refractivity contribution >= 4 is 33.6 Å². The minimum atomic E-state index is 0.110. The van der Waals surface area contributed by atoms with E-state index >= 15 is 0 Å². The molecular formula is C15H16BrNO2S. The number of amides is 1. The number of benzene rings is 1. The standard InChI is InChI=1S/C15H16BrNO2S/c1-17(15(18)10-20-2)9-13-7-8-14(19-13)11-3-5-12(16)6-4-11/h3-8H,9-10H2,1-2H3. The highest BCUT2D eigenvalue weighted by atomic mass is 79.9. The molecule has 0 spiro atoms. The highest BCUT2D eigenvalue weighted by Crippen LogP contribution is 2.24. The first-order valence-electron chi connectivity index (χ1n) is 6.17. The summed E-state index contributed by atoms with van der Waals surface area (Å²) in [4.78, 5) is 13.4. The van der Waals surface area contributed by atoms with E-state index < -0.39 is 0 Å². The average molecular weight is 354 g/mol. The van der Waals surface area contributed by atoms with Crippen LogP contribution < -0.4 is 0 Å². The first kappa shape index (κ1) is 15.2. The third kappa shape index (κ3) is 3.90. The fourth-order valence-electron chi connectivity index (χ4n) is 1.79. The third-order valence-corrected chi connectivity index (χ3v) is 3.94. The number of halogens is 1. The van der Waals surface area contributed by atoms with Gasteiger partial charge in [-0.1, -0.05) is 28.1 Å². The molecular weight excluding hydrogens is 338 g/mol. The van der Waals surface area contributed by atoms with E-state index in [4.69, 9.17) is 4.42 Å². The van der Waals surface area contributed by atoms with Crippen molar-refractivity contribution in [2.45, 2.75) is 6.54 Å². The van der Waals surface area contributed by atoms with Crippen LogP contribution in [0.15, 0.2) is 45.3 Å². The molecule has 1 aromatic carbocycles. The number of carbonyl (C=O) groups is 1. The maximum absolute atomic E-state index is 11.7. The van der Waals surface area contributed by atoms with Crippen molar-refractivity contribution < 1.29 is 9.21 Å². The highest BCUT2D eigenvalue weighted by Gasteiger charge is 2.11. The molecule has 3 nitrogen and oxygen atoms in total. The Bertz CT molecular complexity index is 580. The Kier molecular flexibility index (Phi) is 5.31. The molecule has 5 heteroatoms. The second kappa shape index (κ2) is 6.99. The minimum Gasteiger partial charge on any atom is -0.459 e. The number of carbonyl (C=O) groups excluding carboxylic acids is 1. The summed E-state index contributed by atoms with van der Waals surface area (Å²) < 4.78 is 6.83. The van der Waals surface area contributed by atoms with Crippen LogP contribution in [0.5, 0.6) is 0 Å². The molecule has 0 N–H and O–H groups in total. The number of rotatable bonds is 5. The smallest absolute Gasteiger partial charge is 0.232 e. The zero-order valence-electron chi connectivity index (χ0n) is 11.4. The summed E-state index contributed by atoms with van der Waals surface area (Å²) in [5.74, 6) is 2.22. The second-order valence-electron chi connectivity index (χ2n) is 4.46. The summed E-state index contributed by atoms with van der Waals surface area (Å²) >= 11 is 4.94. The number of nitrogens with zero attached hydrogens (tertiary/aromatic N) is 1. The predicted molar refractivity (Wildman–Crippen MR) is 86.7 cm³/mol. The summed E-state index contributed by atoms with van der Waals surface area (Å²) in [7, 11) is 1.79. The van der Waals surface area contributed by atoms with Crippen LogP contribution >= 0.6 is 27.7 Å². The van der Waals surface area contributed by atoms with Crippen molar-refractivity contribution in [1.29, 1.82) is 0 Å². The van der Waals surface area contributed by atoms with Gasteiger partial charge in [0.2, 0.25) is 5.91 Å². The predicted octanol–water partition coefficient (Wildman–Crippen LogP) is 4.03. The van der Waals surface area contributed by atoms with Gasteiger partial charge in [0.05, 0.1) is 12.3 Å². The number of hydrogen-bond acceptors (Lipinski definition) is 3. The molecule has 0 atom stereocenters. The fraction of sp³-hybridized carbons (Fsp3) is 0.267. The third-order valence-electron chi connectivity index (χ3n) is 2.88. The Morgan fingerprint density at radius 1 is 1.25 bits per heavy atom. The molecule has 0 bridgehead atoms. The molecule has 0 saturated heterocycles. The molecule has 0 fully saturated rings. The molecule has 106 valence electrons. The Morgan fingerprint density at radius 3 is 2.60 bits per heavy atom. The Hall–Kier alpha value is -1.20. The molecule has 1 amide bonds. The van der Waals surface area contributed by atoms with Gasteiger partial charge in [-0.3, -0.25) is 4.79 Å². The molecule has 0 aliphatic carbocycles. The van der Waals surface area contributed by atoms with Crippen molar-refractivity contribution in [2.75, 3.05) is 19.1 Å². The van der Waals surface area contributed by atoms with Crippen molar-refractivity contribution in [3.05, 3.63) is 46.6 Å². The van der Waals surface area contributed by atoms with E-state index in [0.717, 1.165) is 21.6 Å². The van der Waals surface area contributed by atoms with Crippen LogP contribution in [0.1, 0.15) is 5.76 Å². The van der Waals surface area contributed by atoms with Crippen LogP contribution in [0.25, 0.3) is 11.3 Å². The van der Waals surface area contributed by atoms with Crippen molar-refractivity contribution in [1.82, 2.24) is 4.90 Å². The maximum Gasteiger partial charge on any atom is 0.232 e. The lowest BCUT2D eigenvalue weighted by molar-refractivity contribution is -0.127. The van der Waals surface area contributed by atoms with Gasteiger partial charge in [0.25, 0.3) is 0 Å². The first-order valence-corrected chi connectivity index (χ1v) is 8.36. The van der Waals surface area contributed by atoms with Crippen molar-refractivity contribution in [2.24, 2.45) is 0 Å². The average Bonchev–Trinajstić information content (AvgIpc) is 2.88. The zero-order valence-corrected chi connectivity index (χ0v) is 13.8. The molecule has 2 aromatic rings. The van der Waals surface area contributed by atoms with Gasteiger partial charge in [0, 0.05) is 17.1 Å². The lowest BCUT2D eigenvalue weighted by atomic mass is 10.2. The molecule has 0 saturated carbocycles. The van der Waals surface area contributed by atoms with Gasteiger partial charge in [-0.25, -0.2) is 0 Å². The quantitative estimate of drug-likeness (QED) is 0.813. The van der Waals surface area contributed by atoms with Crippen molar-refractivity contribution in [3.8, 4) is 11.3 Å². The van der Waals surface area contributed by atoms with E-state index in [1.807, 2.05) is 42.7 Å². The Labute approximate surface area is 131 Å². The van der Waals surface area contributed by atoms with E-state index in [9.17, 15) is 4.79 Å². The molecule has 0 aliphatic heterocycles. The SMILES string of the molecule is CSCC(=O)N(C)Cc1ccc(-c2ccc(Br)cc2)o1. The van der Waals surface area contributed by atoms with Crippen LogP contribution in [-0.2, 0) is 11.3 Å². The molecule has 1 aromatic heterocycles. The largest absolute Gasteiger partial charge is 0.459 e. The normalized spacial score (nSPS) is 10.6. The summed E-state index contributed by atoms with van der Waals surface area (Å²) in [6.07, 6.45) is 1.92. The lowest BCUT2D eigenvalue weighted by Gasteiger charge is -2.14. The Balaban J connectivity index is 2.05.